The number of carboxylic acid groups (broad SMARTS) is 1. The van der Waals surface area contributed by atoms with E-state index in [9.17, 15) is 9.59 Å². The van der Waals surface area contributed by atoms with E-state index in [2.05, 4.69) is 37.9 Å². The lowest BCUT2D eigenvalue weighted by Gasteiger charge is -2.05. The van der Waals surface area contributed by atoms with Crippen molar-refractivity contribution in [3.8, 4) is 0 Å². The van der Waals surface area contributed by atoms with Gasteiger partial charge in [0.05, 0.1) is 12.0 Å². The van der Waals surface area contributed by atoms with Crippen molar-refractivity contribution in [3.05, 3.63) is 45.6 Å². The number of nitrogens with zero attached hydrogens (tertiary/aromatic N) is 1. The monoisotopic (exact) mass is 357 g/mol. The molecule has 1 heterocycles. The van der Waals surface area contributed by atoms with E-state index < -0.39 is 11.9 Å². The van der Waals surface area contributed by atoms with E-state index in [4.69, 9.17) is 5.11 Å². The Hall–Kier alpha value is -1.90. The minimum atomic E-state index is -1.22. The highest BCUT2D eigenvalue weighted by molar-refractivity contribution is 14.1. The van der Waals surface area contributed by atoms with Crippen LogP contribution in [0.25, 0.3) is 0 Å². The second-order valence-corrected chi connectivity index (χ2v) is 4.53. The fraction of sp³-hybridized carbons (Fsp3) is 0. The molecule has 0 radical (unpaired) electrons. The third-order valence-electron chi connectivity index (χ3n) is 2.19. The molecule has 18 heavy (non-hydrogen) atoms. The van der Waals surface area contributed by atoms with E-state index in [1.54, 1.807) is 12.1 Å². The fourth-order valence-corrected chi connectivity index (χ4v) is 1.90. The second-order valence-electron chi connectivity index (χ2n) is 3.37. The van der Waals surface area contributed by atoms with Crippen molar-refractivity contribution in [1.29, 1.82) is 0 Å². The van der Waals surface area contributed by atoms with Gasteiger partial charge in [-0.3, -0.25) is 4.79 Å². The van der Waals surface area contributed by atoms with Crippen LogP contribution in [0.15, 0.2) is 30.6 Å². The summed E-state index contributed by atoms with van der Waals surface area (Å²) in [5, 5.41) is 11.5. The van der Waals surface area contributed by atoms with Crippen molar-refractivity contribution in [1.82, 2.24) is 9.97 Å². The van der Waals surface area contributed by atoms with Crippen LogP contribution in [0.5, 0.6) is 0 Å². The van der Waals surface area contributed by atoms with Gasteiger partial charge in [-0.25, -0.2) is 9.78 Å². The minimum Gasteiger partial charge on any atom is -0.477 e. The van der Waals surface area contributed by atoms with Gasteiger partial charge in [-0.2, -0.15) is 0 Å². The molecule has 0 aliphatic rings. The molecule has 2 aromatic rings. The third-order valence-corrected chi connectivity index (χ3v) is 3.13. The van der Waals surface area contributed by atoms with Gasteiger partial charge in [-0.05, 0) is 34.7 Å². The van der Waals surface area contributed by atoms with Crippen LogP contribution in [0.2, 0.25) is 0 Å². The molecule has 0 unspecified atom stereocenters. The number of carboxylic acids is 1. The van der Waals surface area contributed by atoms with Gasteiger partial charge in [0.15, 0.2) is 11.4 Å². The number of para-hydroxylation sites is 1. The van der Waals surface area contributed by atoms with E-state index in [1.165, 1.54) is 6.33 Å². The molecule has 0 saturated heterocycles. The fourth-order valence-electron chi connectivity index (χ4n) is 1.37. The van der Waals surface area contributed by atoms with Crippen LogP contribution in [0.1, 0.15) is 21.0 Å². The molecule has 92 valence electrons. The van der Waals surface area contributed by atoms with E-state index in [0.29, 0.717) is 5.69 Å². The van der Waals surface area contributed by atoms with Crippen molar-refractivity contribution in [2.24, 2.45) is 0 Å². The first-order valence-corrected chi connectivity index (χ1v) is 6.00. The molecule has 2 rings (SSSR count). The summed E-state index contributed by atoms with van der Waals surface area (Å²) < 4.78 is 0.857. The van der Waals surface area contributed by atoms with Gasteiger partial charge in [0.1, 0.15) is 0 Å². The molecule has 0 aliphatic heterocycles. The number of nitrogens with one attached hydrogen (secondary N) is 2. The van der Waals surface area contributed by atoms with Crippen LogP contribution in [-0.4, -0.2) is 27.0 Å². The Kier molecular flexibility index (Phi) is 3.60. The van der Waals surface area contributed by atoms with Crippen molar-refractivity contribution < 1.29 is 14.7 Å². The van der Waals surface area contributed by atoms with Gasteiger partial charge in [-0.1, -0.05) is 12.1 Å². The van der Waals surface area contributed by atoms with Crippen LogP contribution >= 0.6 is 22.6 Å². The predicted molar refractivity (Wildman–Crippen MR) is 72.7 cm³/mol. The maximum atomic E-state index is 11.9. The summed E-state index contributed by atoms with van der Waals surface area (Å²) in [5.41, 5.74) is 0.253. The lowest BCUT2D eigenvalue weighted by atomic mass is 10.2. The van der Waals surface area contributed by atoms with Crippen LogP contribution < -0.4 is 5.32 Å². The lowest BCUT2D eigenvalue weighted by molar-refractivity contribution is 0.0686. The Bertz CT molecular complexity index is 609. The van der Waals surface area contributed by atoms with Crippen molar-refractivity contribution in [2.75, 3.05) is 5.32 Å². The number of aromatic amines is 1. The number of carbonyl (C=O) groups is 2. The molecule has 7 heteroatoms. The molecule has 0 spiro atoms. The summed E-state index contributed by atoms with van der Waals surface area (Å²) in [4.78, 5) is 28.9. The molecule has 0 saturated carbocycles. The van der Waals surface area contributed by atoms with Crippen LogP contribution in [0, 0.1) is 3.57 Å². The third kappa shape index (κ3) is 2.50. The number of benzene rings is 1. The number of aromatic nitrogens is 2. The number of imidazole rings is 1. The standard InChI is InChI=1S/C11H8IN3O3/c12-6-3-1-2-4-7(6)15-10(16)8-9(11(17)18)14-5-13-8/h1-5H,(H,13,14)(H,15,16)(H,17,18). The highest BCUT2D eigenvalue weighted by Crippen LogP contribution is 2.18. The van der Waals surface area contributed by atoms with Crippen LogP contribution in [-0.2, 0) is 0 Å². The summed E-state index contributed by atoms with van der Waals surface area (Å²) in [7, 11) is 0. The molecule has 0 fully saturated rings. The highest BCUT2D eigenvalue weighted by atomic mass is 127. The number of H-pyrrole nitrogens is 1. The summed E-state index contributed by atoms with van der Waals surface area (Å²) in [5.74, 6) is -1.78. The molecule has 0 atom stereocenters. The normalized spacial score (nSPS) is 10.1. The number of halogens is 1. The molecule has 1 aromatic heterocycles. The number of rotatable bonds is 3. The van der Waals surface area contributed by atoms with Gasteiger partial charge in [0, 0.05) is 3.57 Å². The average Bonchev–Trinajstić information content (AvgIpc) is 2.81. The first-order chi connectivity index (χ1) is 8.59. The molecule has 0 bridgehead atoms. The number of hydrogen-bond donors (Lipinski definition) is 3. The molecule has 1 amide bonds. The summed E-state index contributed by atoms with van der Waals surface area (Å²) >= 11 is 2.07. The SMILES string of the molecule is O=C(Nc1ccccc1I)c1nc[nH]c1C(=O)O. The molecule has 3 N–H and O–H groups in total. The molecular formula is C11H8IN3O3. The van der Waals surface area contributed by atoms with E-state index in [-0.39, 0.29) is 11.4 Å². The smallest absolute Gasteiger partial charge is 0.354 e. The largest absolute Gasteiger partial charge is 0.477 e. The number of carbonyl (C=O) groups excluding carboxylic acids is 1. The molecular weight excluding hydrogens is 349 g/mol. The first-order valence-electron chi connectivity index (χ1n) is 4.92. The summed E-state index contributed by atoms with van der Waals surface area (Å²) in [6.45, 7) is 0. The van der Waals surface area contributed by atoms with E-state index in [0.717, 1.165) is 3.57 Å². The molecule has 6 nitrogen and oxygen atoms in total. The van der Waals surface area contributed by atoms with Gasteiger partial charge in [-0.15, -0.1) is 0 Å². The summed E-state index contributed by atoms with van der Waals surface area (Å²) in [6, 6.07) is 7.18. The van der Waals surface area contributed by atoms with Crippen molar-refractivity contribution in [3.63, 3.8) is 0 Å². The Morgan fingerprint density at radius 2 is 2.06 bits per heavy atom. The zero-order valence-corrected chi connectivity index (χ0v) is 11.1. The quantitative estimate of drug-likeness (QED) is 0.732. The van der Waals surface area contributed by atoms with Crippen molar-refractivity contribution >= 4 is 40.2 Å². The zero-order chi connectivity index (χ0) is 13.1. The number of amides is 1. The topological polar surface area (TPSA) is 95.1 Å². The Labute approximate surface area is 116 Å². The Morgan fingerprint density at radius 3 is 2.72 bits per heavy atom. The van der Waals surface area contributed by atoms with Crippen LogP contribution in [0.4, 0.5) is 5.69 Å². The zero-order valence-electron chi connectivity index (χ0n) is 8.98. The number of anilines is 1. The first kappa shape index (κ1) is 12.6. The Morgan fingerprint density at radius 1 is 1.33 bits per heavy atom. The maximum absolute atomic E-state index is 11.9. The number of aromatic carboxylic acids is 1. The minimum absolute atomic E-state index is 0.137. The van der Waals surface area contributed by atoms with Gasteiger partial charge in [0.2, 0.25) is 0 Å². The predicted octanol–water partition coefficient (Wildman–Crippen LogP) is 1.96. The lowest BCUT2D eigenvalue weighted by Crippen LogP contribution is -2.17. The molecule has 0 aliphatic carbocycles. The van der Waals surface area contributed by atoms with Crippen LogP contribution in [0.3, 0.4) is 0 Å². The summed E-state index contributed by atoms with van der Waals surface area (Å²) in [6.07, 6.45) is 1.17. The van der Waals surface area contributed by atoms with E-state index in [1.807, 2.05) is 12.1 Å². The van der Waals surface area contributed by atoms with E-state index >= 15 is 0 Å². The highest BCUT2D eigenvalue weighted by Gasteiger charge is 2.20. The van der Waals surface area contributed by atoms with Gasteiger partial charge < -0.3 is 15.4 Å². The van der Waals surface area contributed by atoms with Gasteiger partial charge in [0.25, 0.3) is 5.91 Å². The molecule has 1 aromatic carbocycles. The maximum Gasteiger partial charge on any atom is 0.354 e. The second kappa shape index (κ2) is 5.17. The average molecular weight is 357 g/mol. The Balaban J connectivity index is 2.25. The van der Waals surface area contributed by atoms with Crippen molar-refractivity contribution in [2.45, 2.75) is 0 Å². The van der Waals surface area contributed by atoms with Gasteiger partial charge >= 0.3 is 5.97 Å². The number of hydrogen-bond acceptors (Lipinski definition) is 3.